The quantitative estimate of drug-likeness (QED) is 0.332. The lowest BCUT2D eigenvalue weighted by atomic mass is 10.0. The Balaban J connectivity index is 2.14. The number of amides is 1. The topological polar surface area (TPSA) is 89.8 Å². The van der Waals surface area contributed by atoms with Crippen LogP contribution in [0, 0.1) is 10.1 Å². The maximum Gasteiger partial charge on any atom is 0.340 e. The SMILES string of the molecule is COC(=O)C1=C(C)N(C(C)c2ccccc2)C(=O)/C1=C/c1ccccc1[N+](=O)[O-]. The molecule has 7 heteroatoms. The molecule has 0 N–H and O–H groups in total. The molecule has 0 saturated carbocycles. The summed E-state index contributed by atoms with van der Waals surface area (Å²) in [6.45, 7) is 3.53. The molecule has 0 bridgehead atoms. The van der Waals surface area contributed by atoms with E-state index in [-0.39, 0.29) is 28.4 Å². The number of esters is 1. The van der Waals surface area contributed by atoms with Gasteiger partial charge in [0, 0.05) is 11.8 Å². The van der Waals surface area contributed by atoms with Crippen LogP contribution < -0.4 is 0 Å². The van der Waals surface area contributed by atoms with Crippen molar-refractivity contribution >= 4 is 23.6 Å². The molecule has 0 spiro atoms. The third kappa shape index (κ3) is 3.67. The van der Waals surface area contributed by atoms with Crippen molar-refractivity contribution < 1.29 is 19.2 Å². The number of rotatable bonds is 5. The van der Waals surface area contributed by atoms with Gasteiger partial charge in [0.25, 0.3) is 11.6 Å². The minimum Gasteiger partial charge on any atom is -0.465 e. The Labute approximate surface area is 168 Å². The van der Waals surface area contributed by atoms with E-state index in [4.69, 9.17) is 4.74 Å². The monoisotopic (exact) mass is 392 g/mol. The van der Waals surface area contributed by atoms with Gasteiger partial charge in [-0.05, 0) is 31.6 Å². The van der Waals surface area contributed by atoms with Crippen LogP contribution in [0.3, 0.4) is 0 Å². The molecule has 0 saturated heterocycles. The standard InChI is InChI=1S/C22H20N2O5/c1-14(16-9-5-4-6-10-16)23-15(2)20(22(26)29-3)18(21(23)25)13-17-11-7-8-12-19(17)24(27)28/h4-14H,1-3H3/b18-13+. The van der Waals surface area contributed by atoms with Crippen molar-refractivity contribution in [3.05, 3.63) is 92.7 Å². The zero-order valence-corrected chi connectivity index (χ0v) is 16.3. The van der Waals surface area contributed by atoms with E-state index in [9.17, 15) is 19.7 Å². The van der Waals surface area contributed by atoms with Crippen molar-refractivity contribution in [1.29, 1.82) is 0 Å². The summed E-state index contributed by atoms with van der Waals surface area (Å²) < 4.78 is 4.88. The third-order valence-electron chi connectivity index (χ3n) is 4.93. The average Bonchev–Trinajstić information content (AvgIpc) is 2.97. The van der Waals surface area contributed by atoms with Crippen molar-refractivity contribution in [2.75, 3.05) is 7.11 Å². The zero-order chi connectivity index (χ0) is 21.1. The Morgan fingerprint density at radius 2 is 1.76 bits per heavy atom. The van der Waals surface area contributed by atoms with Crippen LogP contribution in [0.1, 0.15) is 31.0 Å². The molecule has 0 aromatic heterocycles. The third-order valence-corrected chi connectivity index (χ3v) is 4.93. The molecular formula is C22H20N2O5. The van der Waals surface area contributed by atoms with Crippen LogP contribution in [0.25, 0.3) is 6.08 Å². The predicted octanol–water partition coefficient (Wildman–Crippen LogP) is 4.03. The number of nitrogens with zero attached hydrogens (tertiary/aromatic N) is 2. The highest BCUT2D eigenvalue weighted by Crippen LogP contribution is 2.38. The summed E-state index contributed by atoms with van der Waals surface area (Å²) in [5.74, 6) is -1.07. The first-order chi connectivity index (χ1) is 13.9. The first-order valence-electron chi connectivity index (χ1n) is 9.00. The molecule has 1 unspecified atom stereocenters. The van der Waals surface area contributed by atoms with E-state index < -0.39 is 16.8 Å². The molecule has 1 amide bonds. The highest BCUT2D eigenvalue weighted by atomic mass is 16.6. The fraction of sp³-hybridized carbons (Fsp3) is 0.182. The summed E-state index contributed by atoms with van der Waals surface area (Å²) in [5.41, 5.74) is 1.62. The van der Waals surface area contributed by atoms with Crippen LogP contribution in [-0.2, 0) is 14.3 Å². The minimum atomic E-state index is -0.663. The molecule has 1 aliphatic rings. The molecule has 2 aromatic carbocycles. The average molecular weight is 392 g/mol. The van der Waals surface area contributed by atoms with Gasteiger partial charge in [0.15, 0.2) is 0 Å². The second kappa shape index (κ2) is 8.10. The maximum atomic E-state index is 13.3. The number of hydrogen-bond acceptors (Lipinski definition) is 5. The Kier molecular flexibility index (Phi) is 5.59. The van der Waals surface area contributed by atoms with Crippen molar-refractivity contribution in [3.8, 4) is 0 Å². The molecule has 3 rings (SSSR count). The number of carbonyl (C=O) groups excluding carboxylic acids is 2. The summed E-state index contributed by atoms with van der Waals surface area (Å²) >= 11 is 0. The summed E-state index contributed by atoms with van der Waals surface area (Å²) in [4.78, 5) is 38.1. The van der Waals surface area contributed by atoms with Gasteiger partial charge in [0.1, 0.15) is 0 Å². The summed E-state index contributed by atoms with van der Waals surface area (Å²) in [5, 5.41) is 11.3. The molecule has 1 atom stereocenters. The number of nitro groups is 1. The highest BCUT2D eigenvalue weighted by Gasteiger charge is 2.39. The predicted molar refractivity (Wildman–Crippen MR) is 107 cm³/mol. The lowest BCUT2D eigenvalue weighted by Gasteiger charge is -2.26. The van der Waals surface area contributed by atoms with E-state index in [1.807, 2.05) is 37.3 Å². The lowest BCUT2D eigenvalue weighted by Crippen LogP contribution is -2.28. The first kappa shape index (κ1) is 20.0. The van der Waals surface area contributed by atoms with E-state index in [1.54, 1.807) is 19.1 Å². The van der Waals surface area contributed by atoms with Gasteiger partial charge in [-0.3, -0.25) is 14.9 Å². The van der Waals surface area contributed by atoms with E-state index in [0.29, 0.717) is 5.70 Å². The molecule has 7 nitrogen and oxygen atoms in total. The van der Waals surface area contributed by atoms with Crippen LogP contribution in [0.15, 0.2) is 71.4 Å². The number of hydrogen-bond donors (Lipinski definition) is 0. The molecule has 148 valence electrons. The Morgan fingerprint density at radius 3 is 2.38 bits per heavy atom. The Hall–Kier alpha value is -3.74. The molecule has 1 heterocycles. The number of ether oxygens (including phenoxy) is 1. The Morgan fingerprint density at radius 1 is 1.14 bits per heavy atom. The van der Waals surface area contributed by atoms with Gasteiger partial charge in [-0.25, -0.2) is 4.79 Å². The van der Waals surface area contributed by atoms with E-state index >= 15 is 0 Å². The first-order valence-corrected chi connectivity index (χ1v) is 9.00. The minimum absolute atomic E-state index is 0.0754. The Bertz CT molecular complexity index is 1040. The fourth-order valence-electron chi connectivity index (χ4n) is 3.48. The van der Waals surface area contributed by atoms with Crippen LogP contribution in [-0.4, -0.2) is 28.8 Å². The fourth-order valence-corrected chi connectivity index (χ4v) is 3.48. The lowest BCUT2D eigenvalue weighted by molar-refractivity contribution is -0.385. The van der Waals surface area contributed by atoms with Gasteiger partial charge in [0.2, 0.25) is 0 Å². The van der Waals surface area contributed by atoms with Crippen molar-refractivity contribution in [2.45, 2.75) is 19.9 Å². The van der Waals surface area contributed by atoms with Gasteiger partial charge in [-0.1, -0.05) is 42.5 Å². The van der Waals surface area contributed by atoms with Crippen LogP contribution in [0.5, 0.6) is 0 Å². The number of nitro benzene ring substituents is 1. The zero-order valence-electron chi connectivity index (χ0n) is 16.3. The number of para-hydroxylation sites is 1. The number of carbonyl (C=O) groups is 2. The maximum absolute atomic E-state index is 13.3. The molecule has 0 aliphatic carbocycles. The molecule has 2 aromatic rings. The van der Waals surface area contributed by atoms with Crippen LogP contribution >= 0.6 is 0 Å². The molecule has 1 aliphatic heterocycles. The van der Waals surface area contributed by atoms with Gasteiger partial charge < -0.3 is 9.64 Å². The van der Waals surface area contributed by atoms with Crippen molar-refractivity contribution in [3.63, 3.8) is 0 Å². The van der Waals surface area contributed by atoms with E-state index in [1.165, 1.54) is 30.2 Å². The van der Waals surface area contributed by atoms with Crippen LogP contribution in [0.4, 0.5) is 5.69 Å². The van der Waals surface area contributed by atoms with Crippen molar-refractivity contribution in [2.24, 2.45) is 0 Å². The largest absolute Gasteiger partial charge is 0.465 e. The normalized spacial score (nSPS) is 16.3. The highest BCUT2D eigenvalue weighted by molar-refractivity contribution is 6.16. The summed E-state index contributed by atoms with van der Waals surface area (Å²) in [6.07, 6.45) is 1.38. The van der Waals surface area contributed by atoms with Crippen molar-refractivity contribution in [1.82, 2.24) is 4.90 Å². The molecule has 0 fully saturated rings. The van der Waals surface area contributed by atoms with Crippen LogP contribution in [0.2, 0.25) is 0 Å². The smallest absolute Gasteiger partial charge is 0.340 e. The number of methoxy groups -OCH3 is 1. The van der Waals surface area contributed by atoms with E-state index in [0.717, 1.165) is 5.56 Å². The number of benzene rings is 2. The number of allylic oxidation sites excluding steroid dienone is 1. The second-order valence-electron chi connectivity index (χ2n) is 6.59. The second-order valence-corrected chi connectivity index (χ2v) is 6.59. The molecule has 29 heavy (non-hydrogen) atoms. The van der Waals surface area contributed by atoms with Gasteiger partial charge in [-0.15, -0.1) is 0 Å². The van der Waals surface area contributed by atoms with E-state index in [2.05, 4.69) is 0 Å². The summed E-state index contributed by atoms with van der Waals surface area (Å²) in [7, 11) is 1.24. The van der Waals surface area contributed by atoms with Gasteiger partial charge in [-0.2, -0.15) is 0 Å². The van der Waals surface area contributed by atoms with Gasteiger partial charge >= 0.3 is 5.97 Å². The van der Waals surface area contributed by atoms with Gasteiger partial charge in [0.05, 0.1) is 34.8 Å². The molecule has 0 radical (unpaired) electrons. The summed E-state index contributed by atoms with van der Waals surface area (Å²) in [6, 6.07) is 15.1. The molecular weight excluding hydrogens is 372 g/mol.